The highest BCUT2D eigenvalue weighted by molar-refractivity contribution is 7.18. The van der Waals surface area contributed by atoms with Gasteiger partial charge in [-0.1, -0.05) is 35.9 Å². The highest BCUT2D eigenvalue weighted by Crippen LogP contribution is 2.35. The Balaban J connectivity index is 0.000000150. The van der Waals surface area contributed by atoms with Gasteiger partial charge in [-0.25, -0.2) is 29.9 Å². The van der Waals surface area contributed by atoms with E-state index in [1.165, 1.54) is 0 Å². The van der Waals surface area contributed by atoms with Crippen molar-refractivity contribution in [1.29, 1.82) is 5.26 Å². The second kappa shape index (κ2) is 12.9. The minimum atomic E-state index is 0.166. The van der Waals surface area contributed by atoms with Crippen molar-refractivity contribution in [2.45, 2.75) is 0 Å². The number of pyridine rings is 2. The molecule has 0 spiro atoms. The predicted molar refractivity (Wildman–Crippen MR) is 185 cm³/mol. The van der Waals surface area contributed by atoms with Crippen LogP contribution in [0.5, 0.6) is 11.5 Å². The van der Waals surface area contributed by atoms with Crippen LogP contribution in [0.4, 0.5) is 0 Å². The van der Waals surface area contributed by atoms with E-state index in [-0.39, 0.29) is 11.5 Å². The Morgan fingerprint density at radius 1 is 0.596 bits per heavy atom. The molecule has 0 saturated heterocycles. The molecule has 0 aliphatic carbocycles. The lowest BCUT2D eigenvalue weighted by Crippen LogP contribution is -1.94. The SMILES string of the molecule is N#Cc1cc(-c2nc(-c3cccc(O)c3)nc3ccsc23)ccn1.Oc1cccc(-c2nc(-c3ccnc(Cl)c3)c3sccc3n2)c1. The Labute approximate surface area is 280 Å². The van der Waals surface area contributed by atoms with Gasteiger partial charge in [0.2, 0.25) is 0 Å². The van der Waals surface area contributed by atoms with Gasteiger partial charge in [0.05, 0.1) is 31.8 Å². The normalized spacial score (nSPS) is 10.8. The Morgan fingerprint density at radius 3 is 1.64 bits per heavy atom. The lowest BCUT2D eigenvalue weighted by atomic mass is 10.1. The Morgan fingerprint density at radius 2 is 1.13 bits per heavy atom. The third-order valence-electron chi connectivity index (χ3n) is 6.96. The summed E-state index contributed by atoms with van der Waals surface area (Å²) < 4.78 is 1.95. The van der Waals surface area contributed by atoms with Gasteiger partial charge in [0.1, 0.15) is 28.4 Å². The molecule has 0 radical (unpaired) electrons. The van der Waals surface area contributed by atoms with Crippen molar-refractivity contribution in [3.05, 3.63) is 119 Å². The Hall–Kier alpha value is -5.80. The van der Waals surface area contributed by atoms with Gasteiger partial charge in [0.25, 0.3) is 0 Å². The zero-order chi connectivity index (χ0) is 32.3. The molecule has 47 heavy (non-hydrogen) atoms. The van der Waals surface area contributed by atoms with Gasteiger partial charge < -0.3 is 10.2 Å². The summed E-state index contributed by atoms with van der Waals surface area (Å²) in [5.41, 5.74) is 6.82. The number of aromatic hydroxyl groups is 2. The molecular formula is C35H20ClN7O2S2. The number of hydrogen-bond acceptors (Lipinski definition) is 11. The number of nitriles is 1. The smallest absolute Gasteiger partial charge is 0.160 e. The second-order valence-electron chi connectivity index (χ2n) is 10.1. The molecule has 0 aliphatic heterocycles. The number of phenols is 2. The zero-order valence-electron chi connectivity index (χ0n) is 24.1. The molecular weight excluding hydrogens is 650 g/mol. The Bertz CT molecular complexity index is 2460. The lowest BCUT2D eigenvalue weighted by molar-refractivity contribution is 0.475. The van der Waals surface area contributed by atoms with E-state index in [1.54, 1.807) is 83.6 Å². The van der Waals surface area contributed by atoms with E-state index in [1.807, 2.05) is 53.2 Å². The fourth-order valence-corrected chi connectivity index (χ4v) is 6.71. The van der Waals surface area contributed by atoms with Crippen molar-refractivity contribution in [3.63, 3.8) is 0 Å². The van der Waals surface area contributed by atoms with E-state index in [0.29, 0.717) is 22.5 Å². The standard InChI is InChI=1S/C18H10N4OS.C17H10ClN3OS/c19-10-13-8-11(4-6-20-13)16-17-15(5-7-24-17)21-18(22-16)12-2-1-3-14(23)9-12;18-14-9-10(4-6-19-14)15-16-13(5-7-23-16)20-17(21-15)11-2-1-3-12(22)8-11/h1-9,23H;1-9,22H. The predicted octanol–water partition coefficient (Wildman–Crippen LogP) is 8.78. The first-order valence-electron chi connectivity index (χ1n) is 14.0. The molecule has 0 aliphatic rings. The van der Waals surface area contributed by atoms with Crippen LogP contribution in [-0.2, 0) is 0 Å². The summed E-state index contributed by atoms with van der Waals surface area (Å²) in [4.78, 5) is 26.6. The number of nitrogens with zero attached hydrogens (tertiary/aromatic N) is 7. The van der Waals surface area contributed by atoms with E-state index in [4.69, 9.17) is 21.8 Å². The molecule has 8 aromatic rings. The molecule has 12 heteroatoms. The van der Waals surface area contributed by atoms with Gasteiger partial charge in [0.15, 0.2) is 11.6 Å². The summed E-state index contributed by atoms with van der Waals surface area (Å²) >= 11 is 9.15. The van der Waals surface area contributed by atoms with Crippen molar-refractivity contribution >= 4 is 54.7 Å². The summed E-state index contributed by atoms with van der Waals surface area (Å²) in [6, 6.07) is 26.9. The number of aromatic nitrogens is 6. The molecule has 2 aromatic carbocycles. The van der Waals surface area contributed by atoms with Crippen LogP contribution in [0.15, 0.2) is 108 Å². The summed E-state index contributed by atoms with van der Waals surface area (Å²) in [5, 5.41) is 32.8. The first-order valence-corrected chi connectivity index (χ1v) is 16.2. The van der Waals surface area contributed by atoms with Gasteiger partial charge in [0, 0.05) is 34.6 Å². The van der Waals surface area contributed by atoms with E-state index >= 15 is 0 Å². The molecule has 0 amide bonds. The third-order valence-corrected chi connectivity index (χ3v) is 8.99. The van der Waals surface area contributed by atoms with E-state index in [0.717, 1.165) is 54.1 Å². The zero-order valence-corrected chi connectivity index (χ0v) is 26.5. The fraction of sp³-hybridized carbons (Fsp3) is 0. The van der Waals surface area contributed by atoms with Crippen LogP contribution in [0.2, 0.25) is 5.15 Å². The van der Waals surface area contributed by atoms with Crippen LogP contribution in [0, 0.1) is 11.3 Å². The average Bonchev–Trinajstić information content (AvgIpc) is 3.78. The topological polar surface area (TPSA) is 142 Å². The number of thiophene rings is 2. The van der Waals surface area contributed by atoms with Crippen molar-refractivity contribution in [2.75, 3.05) is 0 Å². The molecule has 2 N–H and O–H groups in total. The first-order chi connectivity index (χ1) is 22.9. The number of halogens is 1. The Kier molecular flexibility index (Phi) is 8.20. The summed E-state index contributed by atoms with van der Waals surface area (Å²) in [6.45, 7) is 0. The number of phenolic OH excluding ortho intramolecular Hbond substituents is 2. The van der Waals surface area contributed by atoms with Crippen LogP contribution in [0.1, 0.15) is 5.69 Å². The highest BCUT2D eigenvalue weighted by Gasteiger charge is 2.15. The minimum Gasteiger partial charge on any atom is -0.508 e. The maximum absolute atomic E-state index is 9.70. The van der Waals surface area contributed by atoms with Gasteiger partial charge in [-0.2, -0.15) is 5.26 Å². The van der Waals surface area contributed by atoms with Crippen LogP contribution < -0.4 is 0 Å². The van der Waals surface area contributed by atoms with Crippen molar-refractivity contribution in [1.82, 2.24) is 29.9 Å². The van der Waals surface area contributed by atoms with E-state index in [2.05, 4.69) is 24.9 Å². The van der Waals surface area contributed by atoms with Crippen molar-refractivity contribution in [3.8, 4) is 62.9 Å². The molecule has 0 fully saturated rings. The molecule has 226 valence electrons. The molecule has 8 rings (SSSR count). The second-order valence-corrected chi connectivity index (χ2v) is 12.3. The maximum Gasteiger partial charge on any atom is 0.160 e. The van der Waals surface area contributed by atoms with Gasteiger partial charge >= 0.3 is 0 Å². The fourth-order valence-electron chi connectivity index (χ4n) is 4.86. The average molecular weight is 670 g/mol. The van der Waals surface area contributed by atoms with Gasteiger partial charge in [-0.3, -0.25) is 0 Å². The quantitative estimate of drug-likeness (QED) is 0.176. The number of fused-ring (bicyclic) bond motifs is 2. The molecule has 0 unspecified atom stereocenters. The molecule has 0 bridgehead atoms. The van der Waals surface area contributed by atoms with Crippen LogP contribution in [0.25, 0.3) is 65.7 Å². The van der Waals surface area contributed by atoms with Crippen molar-refractivity contribution in [2.24, 2.45) is 0 Å². The third kappa shape index (κ3) is 6.34. The summed E-state index contributed by atoms with van der Waals surface area (Å²) in [6.07, 6.45) is 3.26. The van der Waals surface area contributed by atoms with Crippen molar-refractivity contribution < 1.29 is 10.2 Å². The minimum absolute atomic E-state index is 0.166. The van der Waals surface area contributed by atoms with E-state index in [9.17, 15) is 10.2 Å². The lowest BCUT2D eigenvalue weighted by Gasteiger charge is -2.07. The molecule has 9 nitrogen and oxygen atoms in total. The van der Waals surface area contributed by atoms with Crippen LogP contribution >= 0.6 is 34.3 Å². The number of benzene rings is 2. The summed E-state index contributed by atoms with van der Waals surface area (Å²) in [7, 11) is 0. The number of rotatable bonds is 4. The molecule has 0 saturated carbocycles. The first kappa shape index (κ1) is 29.9. The van der Waals surface area contributed by atoms with E-state index < -0.39 is 0 Å². The van der Waals surface area contributed by atoms with Gasteiger partial charge in [-0.15, -0.1) is 22.7 Å². The van der Waals surface area contributed by atoms with Gasteiger partial charge in [-0.05, 0) is 71.4 Å². The summed E-state index contributed by atoms with van der Waals surface area (Å²) in [5.74, 6) is 1.45. The molecule has 6 aromatic heterocycles. The largest absolute Gasteiger partial charge is 0.508 e. The monoisotopic (exact) mass is 669 g/mol. The maximum atomic E-state index is 9.70. The highest BCUT2D eigenvalue weighted by atomic mass is 35.5. The number of hydrogen-bond donors (Lipinski definition) is 2. The molecule has 0 atom stereocenters. The van der Waals surface area contributed by atoms with Crippen LogP contribution in [0.3, 0.4) is 0 Å². The van der Waals surface area contributed by atoms with Crippen LogP contribution in [-0.4, -0.2) is 40.1 Å². The molecule has 6 heterocycles.